The summed E-state index contributed by atoms with van der Waals surface area (Å²) in [7, 11) is 0. The molecular weight excluding hydrogens is 536 g/mol. The molecule has 0 radical (unpaired) electrons. The summed E-state index contributed by atoms with van der Waals surface area (Å²) in [5, 5.41) is 80.4. The van der Waals surface area contributed by atoms with Crippen LogP contribution >= 0.6 is 0 Å². The Balaban J connectivity index is 1.54. The Morgan fingerprint density at radius 1 is 0.900 bits per heavy atom. The van der Waals surface area contributed by atoms with Gasteiger partial charge in [0.05, 0.1) is 18.8 Å². The molecule has 14 nitrogen and oxygen atoms in total. The fourth-order valence-electron chi connectivity index (χ4n) is 4.72. The second-order valence-corrected chi connectivity index (χ2v) is 10.6. The van der Waals surface area contributed by atoms with Crippen LogP contribution in [0.25, 0.3) is 6.08 Å². The molecule has 2 saturated heterocycles. The average molecular weight is 573 g/mol. The highest BCUT2D eigenvalue weighted by atomic mass is 16.7. The number of hydrogen-bond donors (Lipinski definition) is 8. The minimum atomic E-state index is -1.75. The summed E-state index contributed by atoms with van der Waals surface area (Å²) in [6.45, 7) is 2.49. The Bertz CT molecular complexity index is 1070. The highest BCUT2D eigenvalue weighted by molar-refractivity contribution is 5.71. The first-order valence-corrected chi connectivity index (χ1v) is 12.9. The van der Waals surface area contributed by atoms with Gasteiger partial charge in [0.25, 0.3) is 0 Å². The Kier molecular flexibility index (Phi) is 9.36. The highest BCUT2D eigenvalue weighted by Crippen LogP contribution is 2.41. The predicted octanol–water partition coefficient (Wildman–Crippen LogP) is -2.11. The van der Waals surface area contributed by atoms with Crippen LogP contribution in [0.4, 0.5) is 0 Å². The van der Waals surface area contributed by atoms with E-state index < -0.39 is 86.2 Å². The minimum Gasteiger partial charge on any atom is -0.483 e. The van der Waals surface area contributed by atoms with Gasteiger partial charge in [-0.1, -0.05) is 6.07 Å². The van der Waals surface area contributed by atoms with Crippen LogP contribution in [-0.4, -0.2) is 127 Å². The summed E-state index contributed by atoms with van der Waals surface area (Å²) in [6, 6.07) is 3.31. The van der Waals surface area contributed by atoms with Gasteiger partial charge in [0.15, 0.2) is 6.29 Å². The zero-order valence-corrected chi connectivity index (χ0v) is 21.9. The van der Waals surface area contributed by atoms with E-state index in [0.717, 1.165) is 0 Å². The lowest BCUT2D eigenvalue weighted by Crippen LogP contribution is -2.62. The molecule has 40 heavy (non-hydrogen) atoms. The maximum Gasteiger partial charge on any atom is 0.303 e. The Morgan fingerprint density at radius 2 is 1.52 bits per heavy atom. The third-order valence-corrected chi connectivity index (χ3v) is 7.05. The molecule has 224 valence electrons. The van der Waals surface area contributed by atoms with E-state index in [9.17, 15) is 45.6 Å². The first-order chi connectivity index (χ1) is 18.8. The lowest BCUT2D eigenvalue weighted by atomic mass is 9.97. The van der Waals surface area contributed by atoms with Crippen molar-refractivity contribution in [2.45, 2.75) is 93.7 Å². The van der Waals surface area contributed by atoms with Crippen molar-refractivity contribution in [1.29, 1.82) is 0 Å². The molecule has 0 saturated carbocycles. The molecule has 1 aromatic carbocycles. The second-order valence-electron chi connectivity index (χ2n) is 10.6. The number of carboxylic acid groups (broad SMARTS) is 1. The van der Waals surface area contributed by atoms with Crippen LogP contribution in [0.2, 0.25) is 0 Å². The van der Waals surface area contributed by atoms with Crippen LogP contribution in [0, 0.1) is 0 Å². The van der Waals surface area contributed by atoms with E-state index in [1.54, 1.807) is 24.3 Å². The van der Waals surface area contributed by atoms with Gasteiger partial charge in [0.2, 0.25) is 6.29 Å². The number of rotatable bonds is 9. The number of aryl methyl sites for hydroxylation is 1. The Hall–Kier alpha value is -2.37. The smallest absolute Gasteiger partial charge is 0.303 e. The van der Waals surface area contributed by atoms with Gasteiger partial charge in [-0.25, -0.2) is 0 Å². The van der Waals surface area contributed by atoms with E-state index in [2.05, 4.69) is 0 Å². The largest absolute Gasteiger partial charge is 0.483 e. The molecule has 0 aromatic heterocycles. The predicted molar refractivity (Wildman–Crippen MR) is 133 cm³/mol. The zero-order chi connectivity index (χ0) is 29.4. The SMILES string of the molecule is CC1(C)C=Cc2c(ccc(CCC(=O)O)c2O[C@@H]2O[C@H](CO[C@@H]3O[C@H](CO)[C@@H](O)[C@H](O)[C@H]3O)[C@@H](O)[C@H](O)[C@H]2O)O1. The number of carboxylic acids is 1. The molecule has 0 amide bonds. The molecule has 4 rings (SSSR count). The number of aliphatic carboxylic acids is 1. The van der Waals surface area contributed by atoms with E-state index in [4.69, 9.17) is 23.7 Å². The van der Waals surface area contributed by atoms with Crippen LogP contribution in [0.1, 0.15) is 31.4 Å². The summed E-state index contributed by atoms with van der Waals surface area (Å²) in [4.78, 5) is 11.2. The quantitative estimate of drug-likeness (QED) is 0.159. The zero-order valence-electron chi connectivity index (χ0n) is 21.9. The molecule has 1 aromatic rings. The van der Waals surface area contributed by atoms with Crippen molar-refractivity contribution in [3.63, 3.8) is 0 Å². The molecule has 3 aliphatic rings. The van der Waals surface area contributed by atoms with Crippen molar-refractivity contribution in [2.75, 3.05) is 13.2 Å². The summed E-state index contributed by atoms with van der Waals surface area (Å²) < 4.78 is 28.5. The van der Waals surface area contributed by atoms with Crippen LogP contribution in [-0.2, 0) is 25.4 Å². The van der Waals surface area contributed by atoms with E-state index in [-0.39, 0.29) is 18.6 Å². The van der Waals surface area contributed by atoms with Crippen molar-refractivity contribution >= 4 is 12.0 Å². The summed E-state index contributed by atoms with van der Waals surface area (Å²) in [5.41, 5.74) is 0.313. The average Bonchev–Trinajstić information content (AvgIpc) is 2.91. The summed E-state index contributed by atoms with van der Waals surface area (Å²) >= 11 is 0. The minimum absolute atomic E-state index is 0.0762. The van der Waals surface area contributed by atoms with Crippen molar-refractivity contribution < 1.29 is 69.3 Å². The Morgan fingerprint density at radius 3 is 2.17 bits per heavy atom. The van der Waals surface area contributed by atoms with Crippen LogP contribution in [0.5, 0.6) is 11.5 Å². The molecule has 0 spiro atoms. The van der Waals surface area contributed by atoms with Gasteiger partial charge in [-0.3, -0.25) is 4.79 Å². The van der Waals surface area contributed by atoms with E-state index in [1.807, 2.05) is 13.8 Å². The van der Waals surface area contributed by atoms with Gasteiger partial charge in [0.1, 0.15) is 65.9 Å². The molecule has 8 N–H and O–H groups in total. The number of benzene rings is 1. The number of ether oxygens (including phenoxy) is 5. The number of hydrogen-bond acceptors (Lipinski definition) is 13. The topological polar surface area (TPSA) is 225 Å². The maximum atomic E-state index is 11.2. The van der Waals surface area contributed by atoms with Crippen LogP contribution in [0.15, 0.2) is 18.2 Å². The molecule has 0 bridgehead atoms. The molecule has 3 aliphatic heterocycles. The second kappa shape index (κ2) is 12.2. The molecule has 3 heterocycles. The molecule has 0 unspecified atom stereocenters. The van der Waals surface area contributed by atoms with E-state index >= 15 is 0 Å². The lowest BCUT2D eigenvalue weighted by molar-refractivity contribution is -0.323. The lowest BCUT2D eigenvalue weighted by Gasteiger charge is -2.43. The summed E-state index contributed by atoms with van der Waals surface area (Å²) in [6.07, 6.45) is -12.4. The fraction of sp³-hybridized carbons (Fsp3) is 0.654. The first-order valence-electron chi connectivity index (χ1n) is 12.9. The van der Waals surface area contributed by atoms with Crippen LogP contribution < -0.4 is 9.47 Å². The molecular formula is C26H36O14. The van der Waals surface area contributed by atoms with Crippen LogP contribution in [0.3, 0.4) is 0 Å². The standard InChI is InChI=1S/C26H36O14/c1-26(2)8-7-12-13(40-26)5-3-11(4-6-16(28)29)23(12)39-25-22(35)20(33)18(31)15(38-25)10-36-24-21(34)19(32)17(30)14(9-27)37-24/h3,5,7-8,14-15,17-22,24-25,27,30-35H,4,6,9-10H2,1-2H3,(H,28,29)/t14-,15-,17-,18-,19+,20+,21-,22-,24-,25+/m1/s1. The van der Waals surface area contributed by atoms with Crippen molar-refractivity contribution in [1.82, 2.24) is 0 Å². The molecule has 10 atom stereocenters. The monoisotopic (exact) mass is 572 g/mol. The normalized spacial score (nSPS) is 36.9. The van der Waals surface area contributed by atoms with E-state index in [0.29, 0.717) is 16.9 Å². The highest BCUT2D eigenvalue weighted by Gasteiger charge is 2.48. The van der Waals surface area contributed by atoms with Gasteiger partial charge in [0, 0.05) is 6.42 Å². The number of fused-ring (bicyclic) bond motifs is 1. The maximum absolute atomic E-state index is 11.2. The van der Waals surface area contributed by atoms with Gasteiger partial charge < -0.3 is 64.5 Å². The number of aliphatic hydroxyl groups is 7. The third kappa shape index (κ3) is 6.41. The van der Waals surface area contributed by atoms with Gasteiger partial charge >= 0.3 is 5.97 Å². The van der Waals surface area contributed by atoms with Crippen molar-refractivity contribution in [2.24, 2.45) is 0 Å². The van der Waals surface area contributed by atoms with Gasteiger partial charge in [-0.2, -0.15) is 0 Å². The third-order valence-electron chi connectivity index (χ3n) is 7.05. The Labute approximate surface area is 229 Å². The first kappa shape index (κ1) is 30.6. The summed E-state index contributed by atoms with van der Waals surface area (Å²) in [5.74, 6) is -0.434. The molecule has 2 fully saturated rings. The molecule has 0 aliphatic carbocycles. The number of carbonyl (C=O) groups is 1. The fourth-order valence-corrected chi connectivity index (χ4v) is 4.72. The molecule has 14 heteroatoms. The van der Waals surface area contributed by atoms with Crippen molar-refractivity contribution in [3.8, 4) is 11.5 Å². The van der Waals surface area contributed by atoms with E-state index in [1.165, 1.54) is 0 Å². The number of aliphatic hydroxyl groups excluding tert-OH is 7. The van der Waals surface area contributed by atoms with Gasteiger partial charge in [-0.05, 0) is 44.1 Å². The van der Waals surface area contributed by atoms with Gasteiger partial charge in [-0.15, -0.1) is 0 Å². The van der Waals surface area contributed by atoms with Crippen molar-refractivity contribution in [3.05, 3.63) is 29.3 Å².